The third-order valence-corrected chi connectivity index (χ3v) is 4.89. The number of carbonyl (C=O) groups excluding carboxylic acids is 2. The minimum Gasteiger partial charge on any atom is -0.481 e. The van der Waals surface area contributed by atoms with Crippen molar-refractivity contribution in [2.24, 2.45) is 11.8 Å². The van der Waals surface area contributed by atoms with E-state index in [1.807, 2.05) is 0 Å². The molecule has 0 aromatic rings. The summed E-state index contributed by atoms with van der Waals surface area (Å²) in [5.74, 6) is -0.316. The van der Waals surface area contributed by atoms with E-state index in [1.54, 1.807) is 0 Å². The summed E-state index contributed by atoms with van der Waals surface area (Å²) in [6.07, 6.45) is 3.50. The summed E-state index contributed by atoms with van der Waals surface area (Å²) in [5, 5.41) is 11.9. The second kappa shape index (κ2) is 6.97. The number of carbonyl (C=O) groups is 3. The van der Waals surface area contributed by atoms with Crippen molar-refractivity contribution in [3.8, 4) is 0 Å². The van der Waals surface area contributed by atoms with Gasteiger partial charge in [0, 0.05) is 6.54 Å². The first-order valence-corrected chi connectivity index (χ1v) is 8.08. The fraction of sp³-hybridized carbons (Fsp3) is 0.769. The molecule has 2 N–H and O–H groups in total. The monoisotopic (exact) mass is 300 g/mol. The van der Waals surface area contributed by atoms with Gasteiger partial charge in [-0.05, 0) is 18.8 Å². The Balaban J connectivity index is 1.77. The van der Waals surface area contributed by atoms with Crippen molar-refractivity contribution in [3.05, 3.63) is 0 Å². The number of nitrogens with zero attached hydrogens (tertiary/aromatic N) is 1. The molecule has 2 amide bonds. The molecule has 6 nitrogen and oxygen atoms in total. The zero-order valence-corrected chi connectivity index (χ0v) is 12.2. The summed E-state index contributed by atoms with van der Waals surface area (Å²) in [4.78, 5) is 35.9. The van der Waals surface area contributed by atoms with Gasteiger partial charge in [0.25, 0.3) is 0 Å². The van der Waals surface area contributed by atoms with E-state index >= 15 is 0 Å². The summed E-state index contributed by atoms with van der Waals surface area (Å²) in [5.41, 5.74) is 0. The Morgan fingerprint density at radius 2 is 2.10 bits per heavy atom. The SMILES string of the molecule is O=C(CN1CSCC1=O)NCC1CCCCC1C(=O)O. The molecule has 0 aromatic carbocycles. The lowest BCUT2D eigenvalue weighted by Gasteiger charge is -2.28. The fourth-order valence-electron chi connectivity index (χ4n) is 2.79. The molecule has 0 aromatic heterocycles. The number of amides is 2. The molecule has 1 aliphatic carbocycles. The Bertz CT molecular complexity index is 402. The van der Waals surface area contributed by atoms with Gasteiger partial charge in [-0.2, -0.15) is 0 Å². The molecular weight excluding hydrogens is 280 g/mol. The van der Waals surface area contributed by atoms with Gasteiger partial charge in [0.1, 0.15) is 6.54 Å². The van der Waals surface area contributed by atoms with E-state index in [9.17, 15) is 19.5 Å². The van der Waals surface area contributed by atoms with Crippen LogP contribution in [-0.2, 0) is 14.4 Å². The van der Waals surface area contributed by atoms with Gasteiger partial charge in [0.2, 0.25) is 11.8 Å². The predicted molar refractivity (Wildman–Crippen MR) is 75.1 cm³/mol. The molecule has 0 spiro atoms. The van der Waals surface area contributed by atoms with Crippen molar-refractivity contribution in [1.82, 2.24) is 10.2 Å². The maximum atomic E-state index is 11.8. The van der Waals surface area contributed by atoms with E-state index in [1.165, 1.54) is 16.7 Å². The van der Waals surface area contributed by atoms with E-state index in [-0.39, 0.29) is 30.2 Å². The van der Waals surface area contributed by atoms with Crippen LogP contribution in [0.2, 0.25) is 0 Å². The minimum atomic E-state index is -0.768. The summed E-state index contributed by atoms with van der Waals surface area (Å²) >= 11 is 1.50. The topological polar surface area (TPSA) is 86.7 Å². The highest BCUT2D eigenvalue weighted by Gasteiger charge is 2.31. The number of hydrogen-bond donors (Lipinski definition) is 2. The highest BCUT2D eigenvalue weighted by molar-refractivity contribution is 8.00. The molecule has 2 unspecified atom stereocenters. The van der Waals surface area contributed by atoms with Crippen LogP contribution in [0.15, 0.2) is 0 Å². The Morgan fingerprint density at radius 1 is 1.35 bits per heavy atom. The van der Waals surface area contributed by atoms with Gasteiger partial charge in [-0.25, -0.2) is 0 Å². The first kappa shape index (κ1) is 15.2. The van der Waals surface area contributed by atoms with Gasteiger partial charge in [0.05, 0.1) is 17.5 Å². The molecular formula is C13H20N2O4S. The average Bonchev–Trinajstić information content (AvgIpc) is 2.82. The van der Waals surface area contributed by atoms with Crippen molar-refractivity contribution in [2.75, 3.05) is 24.7 Å². The number of carboxylic acids is 1. The van der Waals surface area contributed by atoms with Crippen LogP contribution in [0.3, 0.4) is 0 Å². The van der Waals surface area contributed by atoms with Crippen molar-refractivity contribution < 1.29 is 19.5 Å². The van der Waals surface area contributed by atoms with Crippen LogP contribution in [0, 0.1) is 11.8 Å². The second-order valence-corrected chi connectivity index (χ2v) is 6.32. The van der Waals surface area contributed by atoms with Gasteiger partial charge in [-0.3, -0.25) is 14.4 Å². The van der Waals surface area contributed by atoms with Crippen molar-refractivity contribution in [2.45, 2.75) is 25.7 Å². The van der Waals surface area contributed by atoms with Gasteiger partial charge in [-0.1, -0.05) is 12.8 Å². The Hall–Kier alpha value is -1.24. The molecule has 2 fully saturated rings. The third kappa shape index (κ3) is 3.88. The first-order chi connectivity index (χ1) is 9.58. The third-order valence-electron chi connectivity index (χ3n) is 3.95. The van der Waals surface area contributed by atoms with Crippen LogP contribution in [0.4, 0.5) is 0 Å². The van der Waals surface area contributed by atoms with E-state index in [4.69, 9.17) is 0 Å². The predicted octanol–water partition coefficient (Wildman–Crippen LogP) is 0.526. The highest BCUT2D eigenvalue weighted by Crippen LogP contribution is 2.29. The highest BCUT2D eigenvalue weighted by atomic mass is 32.2. The van der Waals surface area contributed by atoms with E-state index in [0.29, 0.717) is 24.6 Å². The molecule has 0 bridgehead atoms. The zero-order chi connectivity index (χ0) is 14.5. The van der Waals surface area contributed by atoms with Crippen molar-refractivity contribution >= 4 is 29.5 Å². The number of hydrogen-bond acceptors (Lipinski definition) is 4. The Kier molecular flexibility index (Phi) is 5.28. The molecule has 7 heteroatoms. The first-order valence-electron chi connectivity index (χ1n) is 6.93. The van der Waals surface area contributed by atoms with Crippen molar-refractivity contribution in [3.63, 3.8) is 0 Å². The molecule has 1 aliphatic heterocycles. The standard InChI is InChI=1S/C13H20N2O4S/c16-11(6-15-8-20-7-12(15)17)14-5-9-3-1-2-4-10(9)13(18)19/h9-10H,1-8H2,(H,14,16)(H,18,19). The molecule has 0 radical (unpaired) electrons. The van der Waals surface area contributed by atoms with Crippen molar-refractivity contribution in [1.29, 1.82) is 0 Å². The van der Waals surface area contributed by atoms with Crippen LogP contribution in [0.5, 0.6) is 0 Å². The normalized spacial score (nSPS) is 26.6. The number of nitrogens with one attached hydrogen (secondary N) is 1. The molecule has 112 valence electrons. The second-order valence-electron chi connectivity index (χ2n) is 5.36. The van der Waals surface area contributed by atoms with E-state index < -0.39 is 5.97 Å². The smallest absolute Gasteiger partial charge is 0.306 e. The zero-order valence-electron chi connectivity index (χ0n) is 11.3. The minimum absolute atomic E-state index is 0.00812. The quantitative estimate of drug-likeness (QED) is 0.773. The average molecular weight is 300 g/mol. The Morgan fingerprint density at radius 3 is 2.75 bits per heavy atom. The van der Waals surface area contributed by atoms with Crippen LogP contribution in [0.1, 0.15) is 25.7 Å². The van der Waals surface area contributed by atoms with Crippen LogP contribution < -0.4 is 5.32 Å². The molecule has 1 heterocycles. The van der Waals surface area contributed by atoms with Gasteiger partial charge >= 0.3 is 5.97 Å². The lowest BCUT2D eigenvalue weighted by molar-refractivity contribution is -0.145. The molecule has 1 saturated carbocycles. The van der Waals surface area contributed by atoms with Gasteiger partial charge in [0.15, 0.2) is 0 Å². The van der Waals surface area contributed by atoms with E-state index in [0.717, 1.165) is 19.3 Å². The largest absolute Gasteiger partial charge is 0.481 e. The molecule has 2 rings (SSSR count). The number of carboxylic acid groups (broad SMARTS) is 1. The summed E-state index contributed by atoms with van der Waals surface area (Å²) in [7, 11) is 0. The summed E-state index contributed by atoms with van der Waals surface area (Å²) in [6.45, 7) is 0.473. The lowest BCUT2D eigenvalue weighted by Crippen LogP contribution is -2.42. The molecule has 20 heavy (non-hydrogen) atoms. The molecule has 1 saturated heterocycles. The molecule has 2 aliphatic rings. The van der Waals surface area contributed by atoms with Gasteiger partial charge < -0.3 is 15.3 Å². The fourth-order valence-corrected chi connectivity index (χ4v) is 3.70. The number of rotatable bonds is 5. The maximum absolute atomic E-state index is 11.8. The summed E-state index contributed by atoms with van der Waals surface area (Å²) in [6, 6.07) is 0. The van der Waals surface area contributed by atoms with Crippen LogP contribution in [-0.4, -0.2) is 52.5 Å². The van der Waals surface area contributed by atoms with Crippen LogP contribution in [0.25, 0.3) is 0 Å². The number of aliphatic carboxylic acids is 1. The Labute approximate surface area is 122 Å². The van der Waals surface area contributed by atoms with Gasteiger partial charge in [-0.15, -0.1) is 11.8 Å². The lowest BCUT2D eigenvalue weighted by atomic mass is 9.79. The molecule has 2 atom stereocenters. The van der Waals surface area contributed by atoms with Crippen LogP contribution >= 0.6 is 11.8 Å². The number of thioether (sulfide) groups is 1. The van der Waals surface area contributed by atoms with E-state index in [2.05, 4.69) is 5.32 Å². The summed E-state index contributed by atoms with van der Waals surface area (Å²) < 4.78 is 0. The maximum Gasteiger partial charge on any atom is 0.306 e.